The van der Waals surface area contributed by atoms with E-state index >= 15 is 0 Å². The van der Waals surface area contributed by atoms with Gasteiger partial charge in [0.25, 0.3) is 5.91 Å². The molecule has 0 saturated carbocycles. The number of nitrogens with two attached hydrogens (primary N) is 1. The number of rotatable bonds is 11. The molecule has 1 amide bonds. The average molecular weight is 596 g/mol. The lowest BCUT2D eigenvalue weighted by molar-refractivity contribution is -0.148. The number of amides is 1. The third kappa shape index (κ3) is 6.86. The number of piperazine rings is 1. The van der Waals surface area contributed by atoms with Crippen molar-refractivity contribution in [2.75, 3.05) is 44.2 Å². The lowest BCUT2D eigenvalue weighted by Crippen LogP contribution is -2.47. The van der Waals surface area contributed by atoms with Gasteiger partial charge in [-0.2, -0.15) is 8.78 Å². The van der Waals surface area contributed by atoms with E-state index in [1.54, 1.807) is 12.4 Å². The van der Waals surface area contributed by atoms with E-state index in [-0.39, 0.29) is 11.3 Å². The van der Waals surface area contributed by atoms with E-state index in [0.29, 0.717) is 22.8 Å². The van der Waals surface area contributed by atoms with E-state index in [2.05, 4.69) is 29.6 Å². The number of aryl methyl sites for hydroxylation is 1. The van der Waals surface area contributed by atoms with Gasteiger partial charge in [-0.15, -0.1) is 0 Å². The van der Waals surface area contributed by atoms with Crippen molar-refractivity contribution in [3.05, 3.63) is 77.5 Å². The molecule has 3 N–H and O–H groups in total. The molecule has 0 spiro atoms. The number of aromatic nitrogens is 3. The van der Waals surface area contributed by atoms with E-state index in [1.807, 2.05) is 24.4 Å². The minimum absolute atomic E-state index is 0.222. The van der Waals surface area contributed by atoms with E-state index in [0.717, 1.165) is 56.5 Å². The molecule has 9 nitrogen and oxygen atoms in total. The molecule has 2 aromatic carbocycles. The number of halogens is 4. The number of primary amides is 1. The van der Waals surface area contributed by atoms with Crippen molar-refractivity contribution in [1.82, 2.24) is 19.9 Å². The maximum Gasteiger partial charge on any atom is 0.340 e. The first kappa shape index (κ1) is 29.8. The van der Waals surface area contributed by atoms with E-state index < -0.39 is 24.9 Å². The first-order valence-electron chi connectivity index (χ1n) is 13.6. The average Bonchev–Trinajstić information content (AvgIpc) is 3.42. The number of benzene rings is 2. The Morgan fingerprint density at radius 3 is 2.51 bits per heavy atom. The van der Waals surface area contributed by atoms with Gasteiger partial charge >= 0.3 is 12.3 Å². The van der Waals surface area contributed by atoms with Crippen molar-refractivity contribution in [3.63, 3.8) is 0 Å². The largest absolute Gasteiger partial charge is 0.486 e. The monoisotopic (exact) mass is 595 g/mol. The zero-order valence-electron chi connectivity index (χ0n) is 23.1. The lowest BCUT2D eigenvalue weighted by atomic mass is 10.0. The second-order valence-electron chi connectivity index (χ2n) is 10.3. The van der Waals surface area contributed by atoms with Crippen molar-refractivity contribution in [2.24, 2.45) is 5.73 Å². The van der Waals surface area contributed by atoms with Gasteiger partial charge in [-0.25, -0.2) is 23.6 Å². The van der Waals surface area contributed by atoms with Crippen LogP contribution in [0.25, 0.3) is 26.9 Å². The fourth-order valence-corrected chi connectivity index (χ4v) is 5.01. The Morgan fingerprint density at radius 2 is 1.84 bits per heavy atom. The number of ether oxygens (including phenoxy) is 1. The summed E-state index contributed by atoms with van der Waals surface area (Å²) < 4.78 is 56.3. The normalized spacial score (nSPS) is 14.3. The molecule has 4 aromatic rings. The Bertz CT molecular complexity index is 1630. The van der Waals surface area contributed by atoms with Gasteiger partial charge in [0.2, 0.25) is 5.95 Å². The number of fused-ring (bicyclic) bond motifs is 1. The fourth-order valence-electron chi connectivity index (χ4n) is 5.01. The summed E-state index contributed by atoms with van der Waals surface area (Å²) in [5.41, 5.74) is 9.08. The lowest BCUT2D eigenvalue weighted by Gasteiger charge is -2.34. The molecule has 224 valence electrons. The van der Waals surface area contributed by atoms with Crippen molar-refractivity contribution in [2.45, 2.75) is 25.2 Å². The Balaban J connectivity index is 1.14. The first-order valence-corrected chi connectivity index (χ1v) is 13.6. The van der Waals surface area contributed by atoms with Crippen molar-refractivity contribution >= 4 is 28.4 Å². The molecule has 3 heterocycles. The van der Waals surface area contributed by atoms with Crippen LogP contribution >= 0.6 is 0 Å². The number of hydrogen-bond acceptors (Lipinski definition) is 6. The van der Waals surface area contributed by atoms with Crippen LogP contribution in [-0.2, 0) is 6.42 Å². The quantitative estimate of drug-likeness (QED) is 0.180. The molecular weight excluding hydrogens is 566 g/mol. The first-order chi connectivity index (χ1) is 20.6. The fraction of sp³-hybridized carbons (Fsp3) is 0.333. The van der Waals surface area contributed by atoms with Crippen LogP contribution in [0.2, 0.25) is 0 Å². The molecule has 5 rings (SSSR count). The SMILES string of the molecule is [C-]#[N+]c1ccc2[nH]cc(CCCN3CCN(c4ncc(-c5ccc(OCC(F)(F)C(F)F)c(C(N)=O)c5)cn4)CC3)c2c1. The number of nitrogens with zero attached hydrogens (tertiary/aromatic N) is 5. The molecule has 1 aliphatic heterocycles. The summed E-state index contributed by atoms with van der Waals surface area (Å²) in [7, 11) is 0. The van der Waals surface area contributed by atoms with Crippen molar-refractivity contribution < 1.29 is 27.1 Å². The molecule has 1 fully saturated rings. The number of carbonyl (C=O) groups is 1. The van der Waals surface area contributed by atoms with Crippen LogP contribution in [0.3, 0.4) is 0 Å². The van der Waals surface area contributed by atoms with Crippen LogP contribution in [0, 0.1) is 6.57 Å². The number of anilines is 1. The van der Waals surface area contributed by atoms with E-state index in [9.17, 15) is 22.4 Å². The van der Waals surface area contributed by atoms with Crippen LogP contribution in [0.15, 0.2) is 55.0 Å². The zero-order valence-corrected chi connectivity index (χ0v) is 23.1. The Kier molecular flexibility index (Phi) is 8.77. The van der Waals surface area contributed by atoms with Crippen LogP contribution in [0.1, 0.15) is 22.3 Å². The molecule has 1 saturated heterocycles. The predicted octanol–water partition coefficient (Wildman–Crippen LogP) is 5.31. The highest BCUT2D eigenvalue weighted by Gasteiger charge is 2.42. The van der Waals surface area contributed by atoms with Gasteiger partial charge in [0.05, 0.1) is 12.1 Å². The summed E-state index contributed by atoms with van der Waals surface area (Å²) >= 11 is 0. The van der Waals surface area contributed by atoms with Gasteiger partial charge in [-0.1, -0.05) is 12.1 Å². The summed E-state index contributed by atoms with van der Waals surface area (Å²) in [6, 6.07) is 9.73. The topological polar surface area (TPSA) is 105 Å². The Hall–Kier alpha value is -4.70. The van der Waals surface area contributed by atoms with Crippen LogP contribution in [0.4, 0.5) is 29.2 Å². The molecular formula is C30H29F4N7O2. The third-order valence-electron chi connectivity index (χ3n) is 7.41. The maximum atomic E-state index is 13.3. The third-order valence-corrected chi connectivity index (χ3v) is 7.41. The number of carbonyl (C=O) groups excluding carboxylic acids is 1. The molecule has 0 unspecified atom stereocenters. The highest BCUT2D eigenvalue weighted by atomic mass is 19.3. The van der Waals surface area contributed by atoms with Crippen LogP contribution in [-0.4, -0.2) is 77.4 Å². The second kappa shape index (κ2) is 12.7. The smallest absolute Gasteiger partial charge is 0.340 e. The summed E-state index contributed by atoms with van der Waals surface area (Å²) in [5, 5.41) is 1.10. The molecule has 0 radical (unpaired) electrons. The number of H-pyrrole nitrogens is 1. The van der Waals surface area contributed by atoms with Crippen molar-refractivity contribution in [3.8, 4) is 16.9 Å². The highest BCUT2D eigenvalue weighted by Crippen LogP contribution is 2.30. The molecule has 13 heteroatoms. The molecule has 1 aliphatic rings. The number of alkyl halides is 4. The number of hydrogen-bond donors (Lipinski definition) is 2. The van der Waals surface area contributed by atoms with Gasteiger partial charge in [-0.3, -0.25) is 9.69 Å². The second-order valence-corrected chi connectivity index (χ2v) is 10.3. The number of aromatic amines is 1. The highest BCUT2D eigenvalue weighted by molar-refractivity contribution is 5.97. The maximum absolute atomic E-state index is 13.3. The van der Waals surface area contributed by atoms with Gasteiger partial charge in [0.1, 0.15) is 5.75 Å². The van der Waals surface area contributed by atoms with Gasteiger partial charge < -0.3 is 20.4 Å². The summed E-state index contributed by atoms with van der Waals surface area (Å²) in [6.45, 7) is 9.82. The van der Waals surface area contributed by atoms with Crippen molar-refractivity contribution in [1.29, 1.82) is 0 Å². The minimum atomic E-state index is -4.37. The van der Waals surface area contributed by atoms with Crippen LogP contribution in [0.5, 0.6) is 5.75 Å². The number of nitrogens with one attached hydrogen (secondary N) is 1. The van der Waals surface area contributed by atoms with Gasteiger partial charge in [-0.05, 0) is 60.2 Å². The molecule has 0 atom stereocenters. The molecule has 0 bridgehead atoms. The molecule has 2 aromatic heterocycles. The standard InChI is InChI=1S/C30H29F4N7O2/c1-36-22-5-6-25-23(14-22)20(15-37-25)3-2-8-40-9-11-41(12-10-40)29-38-16-21(17-39-29)19-4-7-26(24(13-19)27(35)42)43-18-30(33,34)28(31)32/h4-7,13-17,28,37H,2-3,8-12,18H2,(H2,35,42). The van der Waals surface area contributed by atoms with E-state index in [4.69, 9.17) is 17.0 Å². The summed E-state index contributed by atoms with van der Waals surface area (Å²) in [4.78, 5) is 32.1. The summed E-state index contributed by atoms with van der Waals surface area (Å²) in [5.74, 6) is -5.08. The molecule has 43 heavy (non-hydrogen) atoms. The predicted molar refractivity (Wildman–Crippen MR) is 154 cm³/mol. The van der Waals surface area contributed by atoms with Gasteiger partial charge in [0, 0.05) is 55.8 Å². The van der Waals surface area contributed by atoms with Gasteiger partial charge in [0.15, 0.2) is 12.3 Å². The molecule has 0 aliphatic carbocycles. The minimum Gasteiger partial charge on any atom is -0.486 e. The Morgan fingerprint density at radius 1 is 1.09 bits per heavy atom. The van der Waals surface area contributed by atoms with E-state index in [1.165, 1.54) is 23.8 Å². The Labute approximate surface area is 245 Å². The van der Waals surface area contributed by atoms with Crippen LogP contribution < -0.4 is 15.4 Å². The summed E-state index contributed by atoms with van der Waals surface area (Å²) in [6.07, 6.45) is 3.19. The zero-order chi connectivity index (χ0) is 30.6.